The molecule has 0 aliphatic carbocycles. The molecule has 1 atom stereocenters. The van der Waals surface area contributed by atoms with Gasteiger partial charge in [0.25, 0.3) is 0 Å². The molecule has 2 heterocycles. The van der Waals surface area contributed by atoms with E-state index in [1.807, 2.05) is 54.6 Å². The first-order valence-electron chi connectivity index (χ1n) is 12.5. The van der Waals surface area contributed by atoms with Gasteiger partial charge in [-0.2, -0.15) is 0 Å². The van der Waals surface area contributed by atoms with Gasteiger partial charge in [-0.3, -0.25) is 4.98 Å². The van der Waals surface area contributed by atoms with E-state index in [9.17, 15) is 5.11 Å². The van der Waals surface area contributed by atoms with E-state index in [-0.39, 0.29) is 13.4 Å². The number of aliphatic hydroxyl groups excluding tert-OH is 1. The van der Waals surface area contributed by atoms with Crippen LogP contribution in [0.15, 0.2) is 72.1 Å². The Morgan fingerprint density at radius 3 is 2.25 bits per heavy atom. The summed E-state index contributed by atoms with van der Waals surface area (Å²) in [5.41, 5.74) is 2.74. The van der Waals surface area contributed by atoms with Crippen LogP contribution in [0, 0.1) is 0 Å². The summed E-state index contributed by atoms with van der Waals surface area (Å²) in [6.45, 7) is 1.74. The SMILES string of the molecule is O=C(O)C(=O)O.O=C(O)C(=O)O.OC(CNCc1cccnc1)COc1ccccc1/C=N/OCc1ccc2c(c1)OCO2. The van der Waals surface area contributed by atoms with Crippen molar-refractivity contribution < 1.29 is 63.8 Å². The van der Waals surface area contributed by atoms with Crippen molar-refractivity contribution in [3.05, 3.63) is 83.7 Å². The van der Waals surface area contributed by atoms with Gasteiger partial charge in [0.05, 0.1) is 6.21 Å². The van der Waals surface area contributed by atoms with Crippen molar-refractivity contribution in [2.24, 2.45) is 5.16 Å². The van der Waals surface area contributed by atoms with Gasteiger partial charge in [0.1, 0.15) is 25.1 Å². The van der Waals surface area contributed by atoms with Crippen molar-refractivity contribution >= 4 is 30.1 Å². The topological polar surface area (TPSA) is 244 Å². The maximum Gasteiger partial charge on any atom is 0.414 e. The van der Waals surface area contributed by atoms with E-state index in [0.29, 0.717) is 31.2 Å². The molecule has 0 spiro atoms. The normalized spacial score (nSPS) is 11.7. The zero-order valence-corrected chi connectivity index (χ0v) is 22.9. The number of carboxylic acids is 4. The average molecular weight is 616 g/mol. The predicted molar refractivity (Wildman–Crippen MR) is 149 cm³/mol. The summed E-state index contributed by atoms with van der Waals surface area (Å²) in [5.74, 6) is -5.23. The van der Waals surface area contributed by atoms with Crippen LogP contribution >= 0.6 is 0 Å². The number of aliphatic hydroxyl groups is 1. The van der Waals surface area contributed by atoms with E-state index in [2.05, 4.69) is 15.5 Å². The second-order valence-corrected chi connectivity index (χ2v) is 8.41. The van der Waals surface area contributed by atoms with Gasteiger partial charge < -0.3 is 49.9 Å². The third-order valence-corrected chi connectivity index (χ3v) is 5.08. The van der Waals surface area contributed by atoms with Crippen LogP contribution in [0.4, 0.5) is 0 Å². The molecular weight excluding hydrogens is 586 g/mol. The second kappa shape index (κ2) is 18.6. The molecule has 4 rings (SSSR count). The number of fused-ring (bicyclic) bond motifs is 1. The van der Waals surface area contributed by atoms with Crippen molar-refractivity contribution in [1.29, 1.82) is 0 Å². The number of oxime groups is 1. The molecule has 3 aromatic rings. The van der Waals surface area contributed by atoms with E-state index in [1.54, 1.807) is 18.6 Å². The lowest BCUT2D eigenvalue weighted by molar-refractivity contribution is -0.159. The number of benzene rings is 2. The third-order valence-electron chi connectivity index (χ3n) is 5.08. The van der Waals surface area contributed by atoms with Crippen LogP contribution in [0.25, 0.3) is 0 Å². The van der Waals surface area contributed by atoms with Crippen molar-refractivity contribution in [3.63, 3.8) is 0 Å². The predicted octanol–water partition coefficient (Wildman–Crippen LogP) is 1.20. The van der Waals surface area contributed by atoms with Crippen molar-refractivity contribution in [2.75, 3.05) is 19.9 Å². The lowest BCUT2D eigenvalue weighted by Gasteiger charge is -2.14. The quantitative estimate of drug-likeness (QED) is 0.101. The fourth-order valence-corrected chi connectivity index (χ4v) is 3.09. The maximum absolute atomic E-state index is 10.2. The van der Waals surface area contributed by atoms with E-state index in [4.69, 9.17) is 58.7 Å². The summed E-state index contributed by atoms with van der Waals surface area (Å²) in [7, 11) is 0. The minimum absolute atomic E-state index is 0.156. The molecule has 1 unspecified atom stereocenters. The summed E-state index contributed by atoms with van der Waals surface area (Å²) < 4.78 is 16.5. The van der Waals surface area contributed by atoms with Gasteiger partial charge >= 0.3 is 23.9 Å². The zero-order valence-electron chi connectivity index (χ0n) is 22.9. The molecule has 0 bridgehead atoms. The van der Waals surface area contributed by atoms with Crippen LogP contribution in [-0.2, 0) is 37.2 Å². The van der Waals surface area contributed by atoms with Gasteiger partial charge in [-0.05, 0) is 41.5 Å². The molecule has 16 heteroatoms. The molecule has 0 radical (unpaired) electrons. The molecule has 0 amide bonds. The lowest BCUT2D eigenvalue weighted by Crippen LogP contribution is -2.31. The Morgan fingerprint density at radius 2 is 1.59 bits per heavy atom. The monoisotopic (exact) mass is 615 g/mol. The number of carboxylic acid groups (broad SMARTS) is 4. The number of aromatic nitrogens is 1. The molecule has 234 valence electrons. The Morgan fingerprint density at radius 1 is 0.909 bits per heavy atom. The molecule has 6 N–H and O–H groups in total. The Hall–Kier alpha value is -5.74. The molecule has 0 fully saturated rings. The molecular formula is C28H29N3O13. The number of nitrogens with zero attached hydrogens (tertiary/aromatic N) is 2. The Kier molecular flexibility index (Phi) is 14.6. The Bertz CT molecular complexity index is 1370. The summed E-state index contributed by atoms with van der Waals surface area (Å²) in [4.78, 5) is 45.9. The minimum Gasteiger partial charge on any atom is -0.490 e. The number of carbonyl (C=O) groups is 4. The van der Waals surface area contributed by atoms with Crippen LogP contribution in [0.3, 0.4) is 0 Å². The van der Waals surface area contributed by atoms with E-state index in [0.717, 1.165) is 22.4 Å². The lowest BCUT2D eigenvalue weighted by atomic mass is 10.2. The van der Waals surface area contributed by atoms with Gasteiger partial charge in [0, 0.05) is 31.0 Å². The number of hydrogen-bond acceptors (Lipinski definition) is 12. The highest BCUT2D eigenvalue weighted by Gasteiger charge is 2.13. The first kappa shape index (κ1) is 34.5. The first-order valence-corrected chi connectivity index (χ1v) is 12.5. The van der Waals surface area contributed by atoms with Crippen molar-refractivity contribution in [3.8, 4) is 17.2 Å². The smallest absolute Gasteiger partial charge is 0.414 e. The van der Waals surface area contributed by atoms with Crippen molar-refractivity contribution in [1.82, 2.24) is 10.3 Å². The fraction of sp³-hybridized carbons (Fsp3) is 0.214. The highest BCUT2D eigenvalue weighted by molar-refractivity contribution is 6.27. The Balaban J connectivity index is 0.000000477. The first-order chi connectivity index (χ1) is 21.1. The van der Waals surface area contributed by atoms with E-state index < -0.39 is 30.0 Å². The highest BCUT2D eigenvalue weighted by Crippen LogP contribution is 2.32. The summed E-state index contributed by atoms with van der Waals surface area (Å²) in [6.07, 6.45) is 4.46. The van der Waals surface area contributed by atoms with Crippen LogP contribution in [0.2, 0.25) is 0 Å². The van der Waals surface area contributed by atoms with Gasteiger partial charge in [-0.15, -0.1) is 0 Å². The molecule has 16 nitrogen and oxygen atoms in total. The maximum atomic E-state index is 10.2. The molecule has 1 aliphatic rings. The van der Waals surface area contributed by atoms with E-state index in [1.165, 1.54) is 0 Å². The second-order valence-electron chi connectivity index (χ2n) is 8.41. The van der Waals surface area contributed by atoms with E-state index >= 15 is 0 Å². The number of pyridine rings is 1. The fourth-order valence-electron chi connectivity index (χ4n) is 3.09. The number of hydrogen-bond donors (Lipinski definition) is 6. The van der Waals surface area contributed by atoms with Crippen LogP contribution in [0.1, 0.15) is 16.7 Å². The molecule has 1 aromatic heterocycles. The molecule has 0 saturated carbocycles. The largest absolute Gasteiger partial charge is 0.490 e. The number of para-hydroxylation sites is 1. The van der Waals surface area contributed by atoms with Gasteiger partial charge in [-0.25, -0.2) is 19.2 Å². The minimum atomic E-state index is -1.82. The Labute approximate surface area is 249 Å². The number of ether oxygens (including phenoxy) is 3. The average Bonchev–Trinajstić information content (AvgIpc) is 3.48. The van der Waals surface area contributed by atoms with Crippen LogP contribution < -0.4 is 19.5 Å². The zero-order chi connectivity index (χ0) is 32.3. The molecule has 0 saturated heterocycles. The molecule has 2 aromatic carbocycles. The molecule has 44 heavy (non-hydrogen) atoms. The standard InChI is InChI=1S/C24H25N3O5.2C2H2O4/c28-21(14-26-12-19-4-3-9-25-11-19)16-29-22-6-2-1-5-20(22)13-27-32-15-18-7-8-23-24(10-18)31-17-30-23;2*3-1(4)2(5)6/h1-11,13,21,26,28H,12,14-17H2;2*(H,3,4)(H,5,6)/b27-13+;;. The third kappa shape index (κ3) is 13.3. The number of aliphatic carboxylic acids is 4. The summed E-state index contributed by atoms with van der Waals surface area (Å²) >= 11 is 0. The van der Waals surface area contributed by atoms with Crippen molar-refractivity contribution in [2.45, 2.75) is 19.3 Å². The summed E-state index contributed by atoms with van der Waals surface area (Å²) in [5, 5.41) is 47.0. The number of nitrogens with one attached hydrogen (secondary N) is 1. The van der Waals surface area contributed by atoms with Crippen LogP contribution in [0.5, 0.6) is 17.2 Å². The van der Waals surface area contributed by atoms with Gasteiger partial charge in [-0.1, -0.05) is 29.4 Å². The van der Waals surface area contributed by atoms with Gasteiger partial charge in [0.15, 0.2) is 11.5 Å². The molecule has 1 aliphatic heterocycles. The highest BCUT2D eigenvalue weighted by atomic mass is 16.7. The van der Waals surface area contributed by atoms with Crippen LogP contribution in [-0.4, -0.2) is 86.7 Å². The summed E-state index contributed by atoms with van der Waals surface area (Å²) in [6, 6.07) is 16.9. The van der Waals surface area contributed by atoms with Gasteiger partial charge in [0.2, 0.25) is 6.79 Å². The number of rotatable bonds is 11.